The van der Waals surface area contributed by atoms with E-state index in [-0.39, 0.29) is 23.2 Å². The minimum atomic E-state index is -2.99. The fourth-order valence-corrected chi connectivity index (χ4v) is 2.38. The van der Waals surface area contributed by atoms with E-state index in [1.54, 1.807) is 0 Å². The van der Waals surface area contributed by atoms with Crippen LogP contribution in [0.4, 0.5) is 17.6 Å². The highest BCUT2D eigenvalue weighted by molar-refractivity contribution is 5.60. The second-order valence-electron chi connectivity index (χ2n) is 5.19. The van der Waals surface area contributed by atoms with Crippen molar-refractivity contribution in [3.8, 4) is 22.9 Å². The molecule has 1 aliphatic rings. The SMILES string of the molecule is COc1cc(-c2noc(C3CC(F)(F)CN3)n2)ccc1OC(F)F. The van der Waals surface area contributed by atoms with Gasteiger partial charge in [-0.1, -0.05) is 5.16 Å². The van der Waals surface area contributed by atoms with Crippen LogP contribution in [0.5, 0.6) is 11.5 Å². The summed E-state index contributed by atoms with van der Waals surface area (Å²) in [6.07, 6.45) is -0.431. The standard InChI is InChI=1S/C14H13F4N3O3/c1-22-10-4-7(2-3-9(10)23-13(15)16)11-20-12(24-21-11)8-5-14(17,18)6-19-8/h2-4,8,13,19H,5-6H2,1H3. The van der Waals surface area contributed by atoms with Crippen LogP contribution in [-0.4, -0.2) is 36.3 Å². The zero-order valence-electron chi connectivity index (χ0n) is 12.4. The van der Waals surface area contributed by atoms with Crippen LogP contribution in [0.1, 0.15) is 18.4 Å². The van der Waals surface area contributed by atoms with Gasteiger partial charge in [0.25, 0.3) is 5.92 Å². The first-order chi connectivity index (χ1) is 11.4. The molecule has 1 saturated heterocycles. The number of nitrogens with zero attached hydrogens (tertiary/aromatic N) is 2. The number of halogens is 4. The summed E-state index contributed by atoms with van der Waals surface area (Å²) in [5, 5.41) is 6.34. The Labute approximate surface area is 133 Å². The van der Waals surface area contributed by atoms with Gasteiger partial charge in [-0.05, 0) is 18.2 Å². The first-order valence-electron chi connectivity index (χ1n) is 6.96. The average molecular weight is 347 g/mol. The maximum absolute atomic E-state index is 13.2. The smallest absolute Gasteiger partial charge is 0.387 e. The summed E-state index contributed by atoms with van der Waals surface area (Å²) in [6.45, 7) is -3.44. The molecule has 24 heavy (non-hydrogen) atoms. The lowest BCUT2D eigenvalue weighted by Gasteiger charge is -2.10. The molecule has 3 rings (SSSR count). The lowest BCUT2D eigenvalue weighted by Crippen LogP contribution is -2.19. The minimum absolute atomic E-state index is 0.0362. The number of methoxy groups -OCH3 is 1. The van der Waals surface area contributed by atoms with E-state index in [9.17, 15) is 17.6 Å². The molecule has 1 aliphatic heterocycles. The molecule has 0 bridgehead atoms. The molecule has 130 valence electrons. The quantitative estimate of drug-likeness (QED) is 0.839. The van der Waals surface area contributed by atoms with E-state index in [2.05, 4.69) is 20.2 Å². The van der Waals surface area contributed by atoms with E-state index in [1.165, 1.54) is 25.3 Å². The first kappa shape index (κ1) is 16.5. The summed E-state index contributed by atoms with van der Waals surface area (Å²) >= 11 is 0. The molecule has 1 N–H and O–H groups in total. The summed E-state index contributed by atoms with van der Waals surface area (Å²) in [4.78, 5) is 4.08. The van der Waals surface area contributed by atoms with Crippen LogP contribution in [0.3, 0.4) is 0 Å². The number of alkyl halides is 4. The Morgan fingerprint density at radius 1 is 1.33 bits per heavy atom. The molecule has 1 atom stereocenters. The van der Waals surface area contributed by atoms with E-state index in [0.29, 0.717) is 5.56 Å². The van der Waals surface area contributed by atoms with E-state index >= 15 is 0 Å². The summed E-state index contributed by atoms with van der Waals surface area (Å²) in [7, 11) is 1.30. The predicted molar refractivity (Wildman–Crippen MR) is 73.2 cm³/mol. The lowest BCUT2D eigenvalue weighted by atomic mass is 10.2. The number of benzene rings is 1. The monoisotopic (exact) mass is 347 g/mol. The zero-order chi connectivity index (χ0) is 17.3. The van der Waals surface area contributed by atoms with Crippen LogP contribution >= 0.6 is 0 Å². The van der Waals surface area contributed by atoms with Gasteiger partial charge in [0.1, 0.15) is 0 Å². The topological polar surface area (TPSA) is 69.4 Å². The van der Waals surface area contributed by atoms with Gasteiger partial charge in [0.05, 0.1) is 19.7 Å². The molecule has 2 heterocycles. The molecule has 0 amide bonds. The van der Waals surface area contributed by atoms with E-state index in [1.807, 2.05) is 0 Å². The Kier molecular flexibility index (Phi) is 4.31. The van der Waals surface area contributed by atoms with Crippen molar-refractivity contribution in [2.75, 3.05) is 13.7 Å². The fourth-order valence-electron chi connectivity index (χ4n) is 2.38. The average Bonchev–Trinajstić information content (AvgIpc) is 3.13. The van der Waals surface area contributed by atoms with Crippen LogP contribution in [0, 0.1) is 0 Å². The van der Waals surface area contributed by atoms with Crippen LogP contribution in [0.15, 0.2) is 22.7 Å². The Bertz CT molecular complexity index is 723. The van der Waals surface area contributed by atoms with Gasteiger partial charge in [0.15, 0.2) is 11.5 Å². The molecular formula is C14H13F4N3O3. The molecule has 0 saturated carbocycles. The first-order valence-corrected chi connectivity index (χ1v) is 6.96. The largest absolute Gasteiger partial charge is 0.493 e. The Morgan fingerprint density at radius 3 is 2.75 bits per heavy atom. The van der Waals surface area contributed by atoms with Crippen molar-refractivity contribution in [3.05, 3.63) is 24.1 Å². The second-order valence-corrected chi connectivity index (χ2v) is 5.19. The van der Waals surface area contributed by atoms with Gasteiger partial charge >= 0.3 is 6.61 Å². The number of hydrogen-bond acceptors (Lipinski definition) is 6. The summed E-state index contributed by atoms with van der Waals surface area (Å²) < 4.78 is 65.4. The minimum Gasteiger partial charge on any atom is -0.493 e. The maximum Gasteiger partial charge on any atom is 0.387 e. The van der Waals surface area contributed by atoms with Crippen molar-refractivity contribution in [3.63, 3.8) is 0 Å². The third-order valence-corrected chi connectivity index (χ3v) is 3.49. The molecule has 1 fully saturated rings. The van der Waals surface area contributed by atoms with Gasteiger partial charge in [-0.15, -0.1) is 0 Å². The van der Waals surface area contributed by atoms with Crippen LogP contribution in [0.2, 0.25) is 0 Å². The molecule has 0 radical (unpaired) electrons. The number of nitrogens with one attached hydrogen (secondary N) is 1. The third kappa shape index (κ3) is 3.42. The molecule has 2 aromatic rings. The van der Waals surface area contributed by atoms with Gasteiger partial charge in [-0.3, -0.25) is 5.32 Å². The highest BCUT2D eigenvalue weighted by atomic mass is 19.3. The number of ether oxygens (including phenoxy) is 2. The predicted octanol–water partition coefficient (Wildman–Crippen LogP) is 3.02. The van der Waals surface area contributed by atoms with Crippen LogP contribution in [-0.2, 0) is 0 Å². The van der Waals surface area contributed by atoms with Gasteiger partial charge < -0.3 is 14.0 Å². The molecule has 6 nitrogen and oxygen atoms in total. The summed E-state index contributed by atoms with van der Waals surface area (Å²) in [5.41, 5.74) is 0.410. The zero-order valence-corrected chi connectivity index (χ0v) is 12.4. The van der Waals surface area contributed by atoms with Gasteiger partial charge in [-0.25, -0.2) is 8.78 Å². The van der Waals surface area contributed by atoms with Crippen molar-refractivity contribution >= 4 is 0 Å². The van der Waals surface area contributed by atoms with Gasteiger partial charge in [0.2, 0.25) is 11.7 Å². The van der Waals surface area contributed by atoms with Crippen molar-refractivity contribution in [1.82, 2.24) is 15.5 Å². The lowest BCUT2D eigenvalue weighted by molar-refractivity contribution is -0.0512. The molecule has 1 aromatic carbocycles. The highest BCUT2D eigenvalue weighted by Crippen LogP contribution is 2.35. The Balaban J connectivity index is 1.82. The molecule has 1 aromatic heterocycles. The normalized spacial score (nSPS) is 19.7. The van der Waals surface area contributed by atoms with Crippen molar-refractivity contribution in [2.45, 2.75) is 25.0 Å². The summed E-state index contributed by atoms with van der Waals surface area (Å²) in [6, 6.07) is 3.37. The van der Waals surface area contributed by atoms with Gasteiger partial charge in [-0.2, -0.15) is 13.8 Å². The number of hydrogen-bond donors (Lipinski definition) is 1. The van der Waals surface area contributed by atoms with E-state index in [0.717, 1.165) is 0 Å². The number of rotatable bonds is 5. The maximum atomic E-state index is 13.2. The van der Waals surface area contributed by atoms with Crippen LogP contribution < -0.4 is 14.8 Å². The van der Waals surface area contributed by atoms with Crippen molar-refractivity contribution in [1.29, 1.82) is 0 Å². The summed E-state index contributed by atoms with van der Waals surface area (Å²) in [5.74, 6) is -2.74. The number of aromatic nitrogens is 2. The fraction of sp³-hybridized carbons (Fsp3) is 0.429. The van der Waals surface area contributed by atoms with Gasteiger partial charge in [0, 0.05) is 12.0 Å². The van der Waals surface area contributed by atoms with Crippen molar-refractivity contribution in [2.24, 2.45) is 0 Å². The Hall–Kier alpha value is -2.36. The highest BCUT2D eigenvalue weighted by Gasteiger charge is 2.42. The Morgan fingerprint density at radius 2 is 2.12 bits per heavy atom. The van der Waals surface area contributed by atoms with E-state index < -0.39 is 31.5 Å². The molecule has 1 unspecified atom stereocenters. The molecule has 10 heteroatoms. The third-order valence-electron chi connectivity index (χ3n) is 3.49. The van der Waals surface area contributed by atoms with Crippen molar-refractivity contribution < 1.29 is 31.6 Å². The molecule has 0 spiro atoms. The second kappa shape index (κ2) is 6.27. The van der Waals surface area contributed by atoms with E-state index in [4.69, 9.17) is 9.26 Å². The molecular weight excluding hydrogens is 334 g/mol. The van der Waals surface area contributed by atoms with Crippen LogP contribution in [0.25, 0.3) is 11.4 Å². The molecule has 0 aliphatic carbocycles.